The number of halogens is 2. The summed E-state index contributed by atoms with van der Waals surface area (Å²) in [6.07, 6.45) is 1.77. The highest BCUT2D eigenvalue weighted by Crippen LogP contribution is 2.25. The number of ether oxygens (including phenoxy) is 2. The fourth-order valence-corrected chi connectivity index (χ4v) is 3.42. The molecule has 0 fully saturated rings. The molecule has 3 aromatic rings. The molecule has 3 rings (SSSR count). The van der Waals surface area contributed by atoms with Crippen LogP contribution in [0.3, 0.4) is 0 Å². The van der Waals surface area contributed by atoms with Crippen LogP contribution in [0.25, 0.3) is 0 Å². The van der Waals surface area contributed by atoms with Gasteiger partial charge in [-0.05, 0) is 24.3 Å². The average Bonchev–Trinajstić information content (AvgIpc) is 3.05. The Labute approximate surface area is 146 Å². The van der Waals surface area contributed by atoms with Gasteiger partial charge in [0.15, 0.2) is 0 Å². The number of hydrogen-bond acceptors (Lipinski definition) is 5. The van der Waals surface area contributed by atoms with Crippen molar-refractivity contribution in [1.29, 1.82) is 0 Å². The largest absolute Gasteiger partial charge is 0.493 e. The lowest BCUT2D eigenvalue weighted by Crippen LogP contribution is -1.99. The van der Waals surface area contributed by atoms with E-state index in [-0.39, 0.29) is 5.75 Å². The van der Waals surface area contributed by atoms with Crippen molar-refractivity contribution in [3.8, 4) is 17.2 Å². The van der Waals surface area contributed by atoms with E-state index in [9.17, 15) is 8.78 Å². The first-order valence-electron chi connectivity index (χ1n) is 7.08. The van der Waals surface area contributed by atoms with Gasteiger partial charge in [-0.2, -0.15) is 0 Å². The molecular weight excluding hydrogens is 352 g/mol. The van der Waals surface area contributed by atoms with Gasteiger partial charge >= 0.3 is 0 Å². The summed E-state index contributed by atoms with van der Waals surface area (Å²) in [6, 6.07) is 9.93. The molecular formula is C17H13F2NO2S2. The summed E-state index contributed by atoms with van der Waals surface area (Å²) in [6.45, 7) is 0.555. The van der Waals surface area contributed by atoms with Crippen molar-refractivity contribution < 1.29 is 18.3 Å². The number of nitrogens with zero attached hydrogens (tertiary/aromatic N) is 1. The number of thiazole rings is 1. The van der Waals surface area contributed by atoms with E-state index in [1.54, 1.807) is 53.6 Å². The van der Waals surface area contributed by atoms with E-state index in [0.717, 1.165) is 28.3 Å². The first-order valence-corrected chi connectivity index (χ1v) is 8.95. The van der Waals surface area contributed by atoms with E-state index < -0.39 is 11.6 Å². The Hall–Kier alpha value is -2.12. The van der Waals surface area contributed by atoms with Gasteiger partial charge in [-0.25, -0.2) is 13.8 Å². The van der Waals surface area contributed by atoms with E-state index in [2.05, 4.69) is 4.98 Å². The standard InChI is InChI=1S/C17H13F2NO2S2/c18-12-9-13(19)11-16(10-12)22-15-3-1-14(2-4-15)21-6-8-24-17-20-5-7-23-17/h1-5,7,9-11H,6,8H2. The van der Waals surface area contributed by atoms with Gasteiger partial charge in [0.25, 0.3) is 0 Å². The Morgan fingerprint density at radius 2 is 1.67 bits per heavy atom. The number of thioether (sulfide) groups is 1. The molecule has 0 aliphatic carbocycles. The quantitative estimate of drug-likeness (QED) is 0.415. The van der Waals surface area contributed by atoms with Crippen LogP contribution in [0.2, 0.25) is 0 Å². The third kappa shape index (κ3) is 4.94. The first kappa shape index (κ1) is 16.7. The normalized spacial score (nSPS) is 10.6. The molecule has 0 radical (unpaired) electrons. The highest BCUT2D eigenvalue weighted by atomic mass is 32.2. The highest BCUT2D eigenvalue weighted by Gasteiger charge is 2.04. The molecule has 3 nitrogen and oxygen atoms in total. The van der Waals surface area contributed by atoms with Crippen LogP contribution in [0.1, 0.15) is 0 Å². The molecule has 0 atom stereocenters. The van der Waals surface area contributed by atoms with Crippen molar-refractivity contribution in [2.75, 3.05) is 12.4 Å². The molecule has 0 bridgehead atoms. The molecule has 0 unspecified atom stereocenters. The van der Waals surface area contributed by atoms with Crippen molar-refractivity contribution in [2.45, 2.75) is 4.34 Å². The zero-order chi connectivity index (χ0) is 16.8. The van der Waals surface area contributed by atoms with Crippen molar-refractivity contribution in [1.82, 2.24) is 4.98 Å². The van der Waals surface area contributed by atoms with Crippen LogP contribution in [0, 0.1) is 11.6 Å². The predicted octanol–water partition coefficient (Wildman–Crippen LogP) is 5.38. The molecule has 0 N–H and O–H groups in total. The van der Waals surface area contributed by atoms with Gasteiger partial charge < -0.3 is 9.47 Å². The average molecular weight is 365 g/mol. The minimum Gasteiger partial charge on any atom is -0.493 e. The van der Waals surface area contributed by atoms with Crippen molar-refractivity contribution in [2.24, 2.45) is 0 Å². The third-order valence-electron chi connectivity index (χ3n) is 2.88. The molecule has 0 aliphatic rings. The molecule has 0 amide bonds. The fourth-order valence-electron chi connectivity index (χ4n) is 1.90. The zero-order valence-corrected chi connectivity index (χ0v) is 14.1. The minimum atomic E-state index is -0.678. The number of aromatic nitrogens is 1. The second-order valence-electron chi connectivity index (χ2n) is 4.67. The van der Waals surface area contributed by atoms with Crippen LogP contribution in [-0.4, -0.2) is 17.3 Å². The smallest absolute Gasteiger partial charge is 0.149 e. The molecule has 1 aromatic heterocycles. The molecule has 2 aromatic carbocycles. The van der Waals surface area contributed by atoms with Gasteiger partial charge in [0.05, 0.1) is 6.61 Å². The second-order valence-corrected chi connectivity index (χ2v) is 6.91. The van der Waals surface area contributed by atoms with Crippen LogP contribution in [-0.2, 0) is 0 Å². The highest BCUT2D eigenvalue weighted by molar-refractivity contribution is 8.01. The Bertz CT molecular complexity index is 760. The molecule has 0 spiro atoms. The lowest BCUT2D eigenvalue weighted by molar-refractivity contribution is 0.343. The van der Waals surface area contributed by atoms with Crippen LogP contribution in [0.15, 0.2) is 58.4 Å². The second kappa shape index (κ2) is 8.12. The number of benzene rings is 2. The fraction of sp³-hybridized carbons (Fsp3) is 0.118. The Morgan fingerprint density at radius 1 is 0.958 bits per heavy atom. The monoisotopic (exact) mass is 365 g/mol. The summed E-state index contributed by atoms with van der Waals surface area (Å²) >= 11 is 3.24. The van der Waals surface area contributed by atoms with E-state index >= 15 is 0 Å². The minimum absolute atomic E-state index is 0.112. The van der Waals surface area contributed by atoms with Gasteiger partial charge in [0, 0.05) is 35.5 Å². The number of rotatable bonds is 7. The van der Waals surface area contributed by atoms with E-state index in [1.165, 1.54) is 0 Å². The lowest BCUT2D eigenvalue weighted by atomic mass is 10.3. The maximum absolute atomic E-state index is 13.1. The summed E-state index contributed by atoms with van der Waals surface area (Å²) in [5.41, 5.74) is 0. The summed E-state index contributed by atoms with van der Waals surface area (Å²) in [5.74, 6) is 0.734. The predicted molar refractivity (Wildman–Crippen MR) is 91.2 cm³/mol. The van der Waals surface area contributed by atoms with Gasteiger partial charge in [-0.1, -0.05) is 11.8 Å². The Balaban J connectivity index is 1.49. The molecule has 0 saturated carbocycles. The summed E-state index contributed by atoms with van der Waals surface area (Å²) in [4.78, 5) is 4.18. The summed E-state index contributed by atoms with van der Waals surface area (Å²) in [5, 5.41) is 1.94. The van der Waals surface area contributed by atoms with Crippen LogP contribution < -0.4 is 9.47 Å². The number of hydrogen-bond donors (Lipinski definition) is 0. The molecule has 7 heteroatoms. The van der Waals surface area contributed by atoms with Crippen LogP contribution in [0.4, 0.5) is 8.78 Å². The molecule has 0 aliphatic heterocycles. The van der Waals surface area contributed by atoms with Gasteiger partial charge in [-0.3, -0.25) is 0 Å². The molecule has 0 saturated heterocycles. The topological polar surface area (TPSA) is 31.4 Å². The maximum Gasteiger partial charge on any atom is 0.149 e. The van der Waals surface area contributed by atoms with Gasteiger partial charge in [-0.15, -0.1) is 11.3 Å². The SMILES string of the molecule is Fc1cc(F)cc(Oc2ccc(OCCSc3nccs3)cc2)c1. The van der Waals surface area contributed by atoms with Crippen molar-refractivity contribution in [3.63, 3.8) is 0 Å². The van der Waals surface area contributed by atoms with Crippen LogP contribution in [0.5, 0.6) is 17.2 Å². The van der Waals surface area contributed by atoms with Crippen molar-refractivity contribution in [3.05, 3.63) is 65.7 Å². The van der Waals surface area contributed by atoms with Crippen molar-refractivity contribution >= 4 is 23.1 Å². The Morgan fingerprint density at radius 3 is 2.33 bits per heavy atom. The zero-order valence-electron chi connectivity index (χ0n) is 12.4. The van der Waals surface area contributed by atoms with E-state index in [0.29, 0.717) is 18.1 Å². The molecule has 124 valence electrons. The maximum atomic E-state index is 13.1. The van der Waals surface area contributed by atoms with E-state index in [4.69, 9.17) is 9.47 Å². The molecule has 24 heavy (non-hydrogen) atoms. The van der Waals surface area contributed by atoms with E-state index in [1.807, 2.05) is 5.38 Å². The van der Waals surface area contributed by atoms with Crippen LogP contribution >= 0.6 is 23.1 Å². The van der Waals surface area contributed by atoms with Gasteiger partial charge in [0.1, 0.15) is 33.2 Å². The lowest BCUT2D eigenvalue weighted by Gasteiger charge is -2.08. The molecule has 1 heterocycles. The van der Waals surface area contributed by atoms with Gasteiger partial charge in [0.2, 0.25) is 0 Å². The first-order chi connectivity index (χ1) is 11.7. The Kier molecular flexibility index (Phi) is 5.66. The third-order valence-corrected chi connectivity index (χ3v) is 4.81. The summed E-state index contributed by atoms with van der Waals surface area (Å²) in [7, 11) is 0. The summed E-state index contributed by atoms with van der Waals surface area (Å²) < 4.78 is 38.3.